The van der Waals surface area contributed by atoms with Crippen LogP contribution in [0.4, 0.5) is 11.4 Å². The number of aromatic hydroxyl groups is 1. The molecule has 3 rings (SSSR count). The van der Waals surface area contributed by atoms with Crippen molar-refractivity contribution in [1.82, 2.24) is 0 Å². The van der Waals surface area contributed by atoms with Crippen molar-refractivity contribution in [2.75, 3.05) is 10.3 Å². The molecule has 0 saturated heterocycles. The van der Waals surface area contributed by atoms with Crippen LogP contribution in [0.5, 0.6) is 5.75 Å². The van der Waals surface area contributed by atoms with E-state index < -0.39 is 11.9 Å². The maximum atomic E-state index is 12.4. The van der Waals surface area contributed by atoms with Crippen LogP contribution in [0.3, 0.4) is 0 Å². The van der Waals surface area contributed by atoms with Crippen LogP contribution in [0.1, 0.15) is 13.3 Å². The molecule has 1 unspecified atom stereocenters. The van der Waals surface area contributed by atoms with E-state index in [1.165, 1.54) is 13.0 Å². The van der Waals surface area contributed by atoms with Crippen molar-refractivity contribution in [3.8, 4) is 5.75 Å². The molecular weight excluding hydrogens is 306 g/mol. The van der Waals surface area contributed by atoms with Crippen molar-refractivity contribution in [3.05, 3.63) is 54.6 Å². The number of nitrogens with zero attached hydrogens (tertiary/aromatic N) is 2. The minimum atomic E-state index is -0.502. The normalized spacial score (nSPS) is 16.6. The van der Waals surface area contributed by atoms with E-state index in [9.17, 15) is 14.7 Å². The van der Waals surface area contributed by atoms with E-state index in [0.29, 0.717) is 5.69 Å². The van der Waals surface area contributed by atoms with E-state index in [1.807, 2.05) is 30.3 Å². The van der Waals surface area contributed by atoms with Gasteiger partial charge in [0.2, 0.25) is 0 Å². The van der Waals surface area contributed by atoms with Crippen LogP contribution in [0.25, 0.3) is 0 Å². The number of Topliss-reactive ketones (excluding diaryl/α,β-unsaturated/α-hetero) is 1. The van der Waals surface area contributed by atoms with Gasteiger partial charge in [-0.3, -0.25) is 14.6 Å². The molecule has 0 radical (unpaired) electrons. The highest BCUT2D eigenvalue weighted by atomic mass is 16.3. The van der Waals surface area contributed by atoms with Crippen LogP contribution in [0.15, 0.2) is 59.7 Å². The summed E-state index contributed by atoms with van der Waals surface area (Å²) in [7, 11) is 0. The molecule has 2 aromatic carbocycles. The van der Waals surface area contributed by atoms with Gasteiger partial charge in [0, 0.05) is 6.42 Å². The van der Waals surface area contributed by atoms with E-state index >= 15 is 0 Å². The number of carbonyl (C=O) groups is 2. The third kappa shape index (κ3) is 3.12. The zero-order chi connectivity index (χ0) is 17.1. The Morgan fingerprint density at radius 2 is 1.79 bits per heavy atom. The summed E-state index contributed by atoms with van der Waals surface area (Å²) in [5.74, 6) is -0.512. The molecule has 1 aliphatic rings. The lowest BCUT2D eigenvalue weighted by Gasteiger charge is -2.20. The molecule has 6 nitrogen and oxygen atoms in total. The molecule has 1 atom stereocenters. The quantitative estimate of drug-likeness (QED) is 0.847. The molecule has 1 aliphatic heterocycles. The van der Waals surface area contributed by atoms with Crippen molar-refractivity contribution in [1.29, 1.82) is 0 Å². The lowest BCUT2D eigenvalue weighted by atomic mass is 10.1. The second-order valence-electron chi connectivity index (χ2n) is 5.53. The number of nitrogens with one attached hydrogen (secondary N) is 1. The average Bonchev–Trinajstić information content (AvgIpc) is 3.03. The molecule has 0 bridgehead atoms. The smallest absolute Gasteiger partial charge is 0.272 e. The highest BCUT2D eigenvalue weighted by Gasteiger charge is 2.34. The topological polar surface area (TPSA) is 82.0 Å². The van der Waals surface area contributed by atoms with E-state index in [1.54, 1.807) is 23.2 Å². The predicted octanol–water partition coefficient (Wildman–Crippen LogP) is 2.55. The van der Waals surface area contributed by atoms with Gasteiger partial charge in [-0.15, -0.1) is 0 Å². The van der Waals surface area contributed by atoms with E-state index in [0.717, 1.165) is 5.69 Å². The zero-order valence-electron chi connectivity index (χ0n) is 13.1. The van der Waals surface area contributed by atoms with Crippen LogP contribution >= 0.6 is 0 Å². The summed E-state index contributed by atoms with van der Waals surface area (Å²) >= 11 is 0. The van der Waals surface area contributed by atoms with Gasteiger partial charge in [0.15, 0.2) is 5.78 Å². The van der Waals surface area contributed by atoms with Crippen LogP contribution in [-0.4, -0.2) is 28.6 Å². The fraction of sp³-hybridized carbons (Fsp3) is 0.167. The fourth-order valence-corrected chi connectivity index (χ4v) is 2.56. The van der Waals surface area contributed by atoms with Gasteiger partial charge in [-0.05, 0) is 31.2 Å². The molecule has 2 aromatic rings. The number of anilines is 2. The fourth-order valence-electron chi connectivity index (χ4n) is 2.56. The molecule has 6 heteroatoms. The standard InChI is InChI=1S/C18H17N3O3/c1-12(22)16-11-15(20-21(16)13-7-3-2-4-8-13)18(24)19-14-9-5-6-10-17(14)23/h2-10,16,23H,11H2,1H3,(H,19,24). The van der Waals surface area contributed by atoms with Gasteiger partial charge >= 0.3 is 0 Å². The van der Waals surface area contributed by atoms with E-state index in [2.05, 4.69) is 10.4 Å². The summed E-state index contributed by atoms with van der Waals surface area (Å²) in [5, 5.41) is 18.3. The number of phenolic OH excluding ortho intramolecular Hbond substituents is 1. The molecule has 0 spiro atoms. The molecule has 0 aromatic heterocycles. The summed E-state index contributed by atoms with van der Waals surface area (Å²) in [5.41, 5.74) is 1.31. The van der Waals surface area contributed by atoms with Gasteiger partial charge in [0.25, 0.3) is 5.91 Å². The third-order valence-electron chi connectivity index (χ3n) is 3.81. The number of hydrogen-bond acceptors (Lipinski definition) is 5. The SMILES string of the molecule is CC(=O)C1CC(C(=O)Nc2ccccc2O)=NN1c1ccccc1. The molecule has 122 valence electrons. The summed E-state index contributed by atoms with van der Waals surface area (Å²) in [4.78, 5) is 24.3. The van der Waals surface area contributed by atoms with Gasteiger partial charge in [0.1, 0.15) is 17.5 Å². The predicted molar refractivity (Wildman–Crippen MR) is 92.2 cm³/mol. The Morgan fingerprint density at radius 3 is 2.46 bits per heavy atom. The van der Waals surface area contributed by atoms with E-state index in [-0.39, 0.29) is 23.7 Å². The second-order valence-corrected chi connectivity index (χ2v) is 5.53. The number of benzene rings is 2. The Hall–Kier alpha value is -3.15. The monoisotopic (exact) mass is 323 g/mol. The Labute approximate surface area is 139 Å². The zero-order valence-corrected chi connectivity index (χ0v) is 13.1. The van der Waals surface area contributed by atoms with Crippen LogP contribution in [-0.2, 0) is 9.59 Å². The largest absolute Gasteiger partial charge is 0.506 e. The van der Waals surface area contributed by atoms with Crippen molar-refractivity contribution < 1.29 is 14.7 Å². The Balaban J connectivity index is 1.84. The maximum Gasteiger partial charge on any atom is 0.272 e. The van der Waals surface area contributed by atoms with Crippen molar-refractivity contribution in [2.45, 2.75) is 19.4 Å². The summed E-state index contributed by atoms with van der Waals surface area (Å²) in [6.07, 6.45) is 0.226. The molecule has 0 fully saturated rings. The molecule has 2 N–H and O–H groups in total. The number of carbonyl (C=O) groups excluding carboxylic acids is 2. The van der Waals surface area contributed by atoms with Crippen LogP contribution < -0.4 is 10.3 Å². The number of phenols is 1. The van der Waals surface area contributed by atoms with Gasteiger partial charge in [0.05, 0.1) is 11.4 Å². The number of hydrazone groups is 1. The lowest BCUT2D eigenvalue weighted by molar-refractivity contribution is -0.118. The molecule has 1 heterocycles. The van der Waals surface area contributed by atoms with Crippen LogP contribution in [0, 0.1) is 0 Å². The number of hydrogen-bond donors (Lipinski definition) is 2. The minimum absolute atomic E-state index is 0.0209. The summed E-state index contributed by atoms with van der Waals surface area (Å²) in [6.45, 7) is 1.49. The molecular formula is C18H17N3O3. The van der Waals surface area contributed by atoms with Crippen molar-refractivity contribution in [2.24, 2.45) is 5.10 Å². The molecule has 0 aliphatic carbocycles. The number of para-hydroxylation sites is 3. The number of ketones is 1. The van der Waals surface area contributed by atoms with E-state index in [4.69, 9.17) is 0 Å². The first-order valence-electron chi connectivity index (χ1n) is 7.58. The van der Waals surface area contributed by atoms with Crippen molar-refractivity contribution in [3.63, 3.8) is 0 Å². The van der Waals surface area contributed by atoms with Gasteiger partial charge < -0.3 is 10.4 Å². The summed E-state index contributed by atoms with van der Waals surface area (Å²) in [6, 6.07) is 15.2. The van der Waals surface area contributed by atoms with Gasteiger partial charge in [-0.25, -0.2) is 0 Å². The lowest BCUT2D eigenvalue weighted by Crippen LogP contribution is -2.33. The third-order valence-corrected chi connectivity index (χ3v) is 3.81. The highest BCUT2D eigenvalue weighted by Crippen LogP contribution is 2.26. The Morgan fingerprint density at radius 1 is 1.12 bits per heavy atom. The minimum Gasteiger partial charge on any atom is -0.506 e. The maximum absolute atomic E-state index is 12.4. The highest BCUT2D eigenvalue weighted by molar-refractivity contribution is 6.44. The van der Waals surface area contributed by atoms with Gasteiger partial charge in [-0.2, -0.15) is 5.10 Å². The second kappa shape index (κ2) is 6.54. The first kappa shape index (κ1) is 15.7. The Bertz CT molecular complexity index is 802. The van der Waals surface area contributed by atoms with Crippen LogP contribution in [0.2, 0.25) is 0 Å². The Kier molecular flexibility index (Phi) is 4.29. The average molecular weight is 323 g/mol. The molecule has 1 amide bonds. The molecule has 0 saturated carbocycles. The first-order valence-corrected chi connectivity index (χ1v) is 7.58. The van der Waals surface area contributed by atoms with Crippen molar-refractivity contribution >= 4 is 28.8 Å². The summed E-state index contributed by atoms with van der Waals surface area (Å²) < 4.78 is 0. The number of amides is 1. The molecule has 24 heavy (non-hydrogen) atoms. The number of rotatable bonds is 4. The first-order chi connectivity index (χ1) is 11.6. The van der Waals surface area contributed by atoms with Gasteiger partial charge in [-0.1, -0.05) is 30.3 Å².